The minimum atomic E-state index is 0.00160. The average molecular weight is 442 g/mol. The minimum Gasteiger partial charge on any atom is -0.334 e. The summed E-state index contributed by atoms with van der Waals surface area (Å²) < 4.78 is 2.14. The standard InChI is InChI=1S/C27H31N5O/c1-3-4-10-23-20(2)15-22(18-28-23)24-16-25-27(12-14-32(25)30-24)11-13-31(19-27)26(33)29-17-21-8-6-5-7-9-21/h4-10,15-16,18H,3,11-14,17,19H2,1-2H3,(H,29,33)/b10-4-. The zero-order chi connectivity index (χ0) is 22.8. The highest BCUT2D eigenvalue weighted by molar-refractivity contribution is 5.75. The third-order valence-electron chi connectivity index (χ3n) is 6.98. The molecule has 1 spiro atoms. The molecule has 0 saturated carbocycles. The van der Waals surface area contributed by atoms with E-state index in [4.69, 9.17) is 5.10 Å². The molecule has 0 bridgehead atoms. The van der Waals surface area contributed by atoms with Gasteiger partial charge in [-0.1, -0.05) is 43.3 Å². The van der Waals surface area contributed by atoms with Crippen LogP contribution in [0.25, 0.3) is 17.3 Å². The molecule has 1 saturated heterocycles. The molecule has 2 amide bonds. The van der Waals surface area contributed by atoms with Crippen molar-refractivity contribution in [3.05, 3.63) is 77.3 Å². The summed E-state index contributed by atoms with van der Waals surface area (Å²) in [5.41, 5.74) is 6.55. The van der Waals surface area contributed by atoms with Crippen molar-refractivity contribution < 1.29 is 4.79 Å². The van der Waals surface area contributed by atoms with Crippen LogP contribution in [-0.2, 0) is 18.5 Å². The maximum absolute atomic E-state index is 12.8. The maximum atomic E-state index is 12.8. The van der Waals surface area contributed by atoms with Gasteiger partial charge in [-0.05, 0) is 55.5 Å². The average Bonchev–Trinajstić information content (AvgIpc) is 3.54. The van der Waals surface area contributed by atoms with E-state index in [0.717, 1.165) is 67.0 Å². The molecule has 6 heteroatoms. The SMILES string of the molecule is CC/C=C\c1ncc(-c2cc3n(n2)CCC32CCN(C(=O)NCc3ccccc3)C2)cc1C. The fourth-order valence-electron chi connectivity index (χ4n) is 5.08. The third kappa shape index (κ3) is 4.17. The lowest BCUT2D eigenvalue weighted by molar-refractivity contribution is 0.205. The highest BCUT2D eigenvalue weighted by atomic mass is 16.2. The van der Waals surface area contributed by atoms with Crippen molar-refractivity contribution in [2.75, 3.05) is 13.1 Å². The molecule has 0 radical (unpaired) electrons. The van der Waals surface area contributed by atoms with E-state index in [0.29, 0.717) is 6.54 Å². The zero-order valence-corrected chi connectivity index (χ0v) is 19.4. The molecule has 2 aliphatic rings. The molecule has 1 aromatic carbocycles. The van der Waals surface area contributed by atoms with Crippen molar-refractivity contribution in [1.82, 2.24) is 25.0 Å². The Bertz CT molecular complexity index is 1180. The van der Waals surface area contributed by atoms with E-state index in [1.54, 1.807) is 0 Å². The number of benzene rings is 1. The second-order valence-electron chi connectivity index (χ2n) is 9.22. The minimum absolute atomic E-state index is 0.00160. The first kappa shape index (κ1) is 21.4. The van der Waals surface area contributed by atoms with Gasteiger partial charge in [-0.15, -0.1) is 0 Å². The predicted molar refractivity (Wildman–Crippen MR) is 131 cm³/mol. The van der Waals surface area contributed by atoms with E-state index >= 15 is 0 Å². The number of rotatable bonds is 5. The number of hydrogen-bond donors (Lipinski definition) is 1. The van der Waals surface area contributed by atoms with Crippen LogP contribution in [0, 0.1) is 6.92 Å². The Balaban J connectivity index is 1.30. The molecule has 6 nitrogen and oxygen atoms in total. The van der Waals surface area contributed by atoms with Crippen LogP contribution in [0.3, 0.4) is 0 Å². The van der Waals surface area contributed by atoms with Crippen molar-refractivity contribution in [1.29, 1.82) is 0 Å². The highest BCUT2D eigenvalue weighted by Gasteiger charge is 2.46. The van der Waals surface area contributed by atoms with Crippen LogP contribution in [0.1, 0.15) is 48.7 Å². The largest absolute Gasteiger partial charge is 0.334 e. The monoisotopic (exact) mass is 441 g/mol. The maximum Gasteiger partial charge on any atom is 0.317 e. The third-order valence-corrected chi connectivity index (χ3v) is 6.98. The summed E-state index contributed by atoms with van der Waals surface area (Å²) in [5, 5.41) is 7.98. The Morgan fingerprint density at radius 1 is 1.18 bits per heavy atom. The first-order chi connectivity index (χ1) is 16.1. The first-order valence-electron chi connectivity index (χ1n) is 11.9. The topological polar surface area (TPSA) is 63.1 Å². The Labute approximate surface area is 195 Å². The number of aromatic nitrogens is 3. The smallest absolute Gasteiger partial charge is 0.317 e. The van der Waals surface area contributed by atoms with E-state index in [1.807, 2.05) is 41.4 Å². The molecule has 1 N–H and O–H groups in total. The second kappa shape index (κ2) is 8.85. The van der Waals surface area contributed by atoms with Crippen LogP contribution in [-0.4, -0.2) is 38.8 Å². The van der Waals surface area contributed by atoms with Gasteiger partial charge in [0.15, 0.2) is 0 Å². The quantitative estimate of drug-likeness (QED) is 0.610. The predicted octanol–water partition coefficient (Wildman–Crippen LogP) is 4.93. The summed E-state index contributed by atoms with van der Waals surface area (Å²) in [6.45, 7) is 7.20. The molecule has 2 aliphatic heterocycles. The molecule has 33 heavy (non-hydrogen) atoms. The van der Waals surface area contributed by atoms with Crippen molar-refractivity contribution in [2.45, 2.75) is 51.6 Å². The lowest BCUT2D eigenvalue weighted by Gasteiger charge is -2.23. The van der Waals surface area contributed by atoms with Crippen molar-refractivity contribution in [3.8, 4) is 11.3 Å². The Morgan fingerprint density at radius 2 is 2.00 bits per heavy atom. The van der Waals surface area contributed by atoms with E-state index < -0.39 is 0 Å². The summed E-state index contributed by atoms with van der Waals surface area (Å²) in [7, 11) is 0. The number of allylic oxidation sites excluding steroid dienone is 1. The van der Waals surface area contributed by atoms with E-state index in [-0.39, 0.29) is 11.4 Å². The Morgan fingerprint density at radius 3 is 2.79 bits per heavy atom. The van der Waals surface area contributed by atoms with Crippen molar-refractivity contribution in [2.24, 2.45) is 0 Å². The molecule has 170 valence electrons. The lowest BCUT2D eigenvalue weighted by atomic mass is 9.82. The molecule has 2 aromatic heterocycles. The molecule has 1 atom stereocenters. The number of likely N-dealkylation sites (tertiary alicyclic amines) is 1. The fraction of sp³-hybridized carbons (Fsp3) is 0.370. The number of fused-ring (bicyclic) bond motifs is 2. The molecular weight excluding hydrogens is 410 g/mol. The number of urea groups is 1. The second-order valence-corrected chi connectivity index (χ2v) is 9.22. The lowest BCUT2D eigenvalue weighted by Crippen LogP contribution is -2.40. The van der Waals surface area contributed by atoms with Gasteiger partial charge in [0.1, 0.15) is 0 Å². The van der Waals surface area contributed by atoms with E-state index in [2.05, 4.69) is 53.1 Å². The van der Waals surface area contributed by atoms with Crippen LogP contribution < -0.4 is 5.32 Å². The van der Waals surface area contributed by atoms with Gasteiger partial charge in [-0.2, -0.15) is 5.10 Å². The van der Waals surface area contributed by atoms with Crippen molar-refractivity contribution in [3.63, 3.8) is 0 Å². The highest BCUT2D eigenvalue weighted by Crippen LogP contribution is 2.43. The van der Waals surface area contributed by atoms with Gasteiger partial charge in [0.05, 0.1) is 11.4 Å². The Hall–Kier alpha value is -3.41. The fourth-order valence-corrected chi connectivity index (χ4v) is 5.08. The molecular formula is C27H31N5O. The van der Waals surface area contributed by atoms with Gasteiger partial charge in [-0.25, -0.2) is 4.79 Å². The summed E-state index contributed by atoms with van der Waals surface area (Å²) in [6, 6.07) is 14.5. The van der Waals surface area contributed by atoms with Gasteiger partial charge in [-0.3, -0.25) is 9.67 Å². The van der Waals surface area contributed by atoms with E-state index in [1.165, 1.54) is 5.69 Å². The number of nitrogens with one attached hydrogen (secondary N) is 1. The number of amides is 2. The molecule has 4 heterocycles. The molecule has 1 unspecified atom stereocenters. The van der Waals surface area contributed by atoms with Crippen LogP contribution in [0.2, 0.25) is 0 Å². The summed E-state index contributed by atoms with van der Waals surface area (Å²) in [5.74, 6) is 0. The Kier molecular flexibility index (Phi) is 5.75. The van der Waals surface area contributed by atoms with Gasteiger partial charge in [0.2, 0.25) is 0 Å². The number of carbonyl (C=O) groups excluding carboxylic acids is 1. The number of nitrogens with zero attached hydrogens (tertiary/aromatic N) is 4. The summed E-state index contributed by atoms with van der Waals surface area (Å²) >= 11 is 0. The van der Waals surface area contributed by atoms with Gasteiger partial charge < -0.3 is 10.2 Å². The van der Waals surface area contributed by atoms with Gasteiger partial charge in [0, 0.05) is 49.0 Å². The molecule has 0 aliphatic carbocycles. The number of pyridine rings is 1. The normalized spacial score (nSPS) is 19.5. The number of hydrogen-bond acceptors (Lipinski definition) is 3. The summed E-state index contributed by atoms with van der Waals surface area (Å²) in [4.78, 5) is 19.4. The molecule has 1 fully saturated rings. The van der Waals surface area contributed by atoms with Crippen LogP contribution >= 0.6 is 0 Å². The zero-order valence-electron chi connectivity index (χ0n) is 19.4. The van der Waals surface area contributed by atoms with Crippen LogP contribution in [0.5, 0.6) is 0 Å². The van der Waals surface area contributed by atoms with Crippen molar-refractivity contribution >= 4 is 12.1 Å². The van der Waals surface area contributed by atoms with Gasteiger partial charge in [0.25, 0.3) is 0 Å². The summed E-state index contributed by atoms with van der Waals surface area (Å²) in [6.07, 6.45) is 9.15. The van der Waals surface area contributed by atoms with Crippen LogP contribution in [0.4, 0.5) is 4.79 Å². The molecule has 5 rings (SSSR count). The number of aryl methyl sites for hydroxylation is 2. The number of carbonyl (C=O) groups is 1. The van der Waals surface area contributed by atoms with Gasteiger partial charge >= 0.3 is 6.03 Å². The molecule has 3 aromatic rings. The first-order valence-corrected chi connectivity index (χ1v) is 11.9. The van der Waals surface area contributed by atoms with E-state index in [9.17, 15) is 4.79 Å². The van der Waals surface area contributed by atoms with Crippen LogP contribution in [0.15, 0.2) is 54.7 Å².